The summed E-state index contributed by atoms with van der Waals surface area (Å²) in [5.74, 6) is 1.07. The highest BCUT2D eigenvalue weighted by molar-refractivity contribution is 6.04. The fourth-order valence-electron chi connectivity index (χ4n) is 2.73. The molecule has 2 rings (SSSR count). The molecule has 4 heteroatoms. The van der Waals surface area contributed by atoms with Crippen molar-refractivity contribution in [3.63, 3.8) is 0 Å². The largest absolute Gasteiger partial charge is 0.383 e. The van der Waals surface area contributed by atoms with E-state index in [0.717, 1.165) is 25.7 Å². The van der Waals surface area contributed by atoms with E-state index in [1.54, 1.807) is 18.3 Å². The molecular weight excluding hydrogens is 226 g/mol. The van der Waals surface area contributed by atoms with Crippen LogP contribution in [0.1, 0.15) is 43.0 Å². The summed E-state index contributed by atoms with van der Waals surface area (Å²) in [4.78, 5) is 16.7. The SMILES string of the molecule is CC1CCC(CN)(C(=O)c2cccnc2N)CC1. The van der Waals surface area contributed by atoms with Gasteiger partial charge in [0, 0.05) is 18.2 Å². The number of Topliss-reactive ketones (excluding diaryl/α,β-unsaturated/α-hetero) is 1. The highest BCUT2D eigenvalue weighted by Crippen LogP contribution is 2.41. The number of hydrogen-bond acceptors (Lipinski definition) is 4. The van der Waals surface area contributed by atoms with Crippen LogP contribution in [0.3, 0.4) is 0 Å². The molecule has 0 bridgehead atoms. The molecule has 0 unspecified atom stereocenters. The standard InChI is InChI=1S/C14H21N3O/c1-10-4-6-14(9-15,7-5-10)12(18)11-3-2-8-17-13(11)16/h2-3,8,10H,4-7,9,15H2,1H3,(H2,16,17). The molecule has 0 atom stereocenters. The Morgan fingerprint density at radius 1 is 1.50 bits per heavy atom. The fourth-order valence-corrected chi connectivity index (χ4v) is 2.73. The molecule has 4 nitrogen and oxygen atoms in total. The molecule has 0 spiro atoms. The van der Waals surface area contributed by atoms with Gasteiger partial charge in [-0.3, -0.25) is 4.79 Å². The van der Waals surface area contributed by atoms with Crippen LogP contribution in [0.5, 0.6) is 0 Å². The van der Waals surface area contributed by atoms with E-state index in [0.29, 0.717) is 23.8 Å². The summed E-state index contributed by atoms with van der Waals surface area (Å²) in [7, 11) is 0. The number of hydrogen-bond donors (Lipinski definition) is 2. The van der Waals surface area contributed by atoms with Gasteiger partial charge in [0.05, 0.1) is 5.56 Å². The maximum absolute atomic E-state index is 12.7. The molecule has 0 aliphatic heterocycles. The normalized spacial score (nSPS) is 28.0. The maximum Gasteiger partial charge on any atom is 0.173 e. The van der Waals surface area contributed by atoms with Crippen molar-refractivity contribution in [1.29, 1.82) is 0 Å². The molecule has 4 N–H and O–H groups in total. The van der Waals surface area contributed by atoms with Crippen molar-refractivity contribution in [2.45, 2.75) is 32.6 Å². The van der Waals surface area contributed by atoms with Crippen molar-refractivity contribution in [2.24, 2.45) is 17.1 Å². The van der Waals surface area contributed by atoms with Gasteiger partial charge >= 0.3 is 0 Å². The lowest BCUT2D eigenvalue weighted by Gasteiger charge is -2.37. The molecule has 1 aliphatic carbocycles. The molecule has 1 aliphatic rings. The van der Waals surface area contributed by atoms with Crippen molar-refractivity contribution < 1.29 is 4.79 Å². The van der Waals surface area contributed by atoms with E-state index < -0.39 is 5.41 Å². The Hall–Kier alpha value is -1.42. The first-order valence-electron chi connectivity index (χ1n) is 6.54. The van der Waals surface area contributed by atoms with Crippen LogP contribution in [0.2, 0.25) is 0 Å². The Labute approximate surface area is 108 Å². The minimum Gasteiger partial charge on any atom is -0.383 e. The number of carbonyl (C=O) groups excluding carboxylic acids is 1. The smallest absolute Gasteiger partial charge is 0.173 e. The summed E-state index contributed by atoms with van der Waals surface area (Å²) in [5.41, 5.74) is 11.8. The van der Waals surface area contributed by atoms with Gasteiger partial charge in [0.15, 0.2) is 5.78 Å². The zero-order valence-electron chi connectivity index (χ0n) is 10.9. The summed E-state index contributed by atoms with van der Waals surface area (Å²) in [6.45, 7) is 2.62. The summed E-state index contributed by atoms with van der Waals surface area (Å²) in [6, 6.07) is 3.50. The van der Waals surface area contributed by atoms with Crippen LogP contribution < -0.4 is 11.5 Å². The molecule has 0 aromatic carbocycles. The van der Waals surface area contributed by atoms with Crippen molar-refractivity contribution >= 4 is 11.6 Å². The quantitative estimate of drug-likeness (QED) is 0.800. The van der Waals surface area contributed by atoms with Crippen LogP contribution in [0, 0.1) is 11.3 Å². The monoisotopic (exact) mass is 247 g/mol. The lowest BCUT2D eigenvalue weighted by Crippen LogP contribution is -2.42. The van der Waals surface area contributed by atoms with Gasteiger partial charge in [-0.2, -0.15) is 0 Å². The minimum atomic E-state index is -0.427. The molecule has 1 saturated carbocycles. The average Bonchev–Trinajstić information content (AvgIpc) is 2.40. The van der Waals surface area contributed by atoms with Crippen molar-refractivity contribution in [1.82, 2.24) is 4.98 Å². The van der Waals surface area contributed by atoms with Gasteiger partial charge in [-0.15, -0.1) is 0 Å². The summed E-state index contributed by atoms with van der Waals surface area (Å²) >= 11 is 0. The highest BCUT2D eigenvalue weighted by Gasteiger charge is 2.40. The lowest BCUT2D eigenvalue weighted by molar-refractivity contribution is 0.0696. The number of anilines is 1. The second-order valence-electron chi connectivity index (χ2n) is 5.43. The van der Waals surface area contributed by atoms with Gasteiger partial charge in [0.1, 0.15) is 5.82 Å². The average molecular weight is 247 g/mol. The van der Waals surface area contributed by atoms with Gasteiger partial charge in [0.25, 0.3) is 0 Å². The second-order valence-corrected chi connectivity index (χ2v) is 5.43. The number of carbonyl (C=O) groups is 1. The van der Waals surface area contributed by atoms with Crippen LogP contribution in [0.15, 0.2) is 18.3 Å². The molecule has 1 aromatic rings. The number of ketones is 1. The third kappa shape index (κ3) is 2.25. The lowest BCUT2D eigenvalue weighted by atomic mass is 9.67. The summed E-state index contributed by atoms with van der Waals surface area (Å²) in [6.07, 6.45) is 5.44. The Morgan fingerprint density at radius 3 is 2.72 bits per heavy atom. The minimum absolute atomic E-state index is 0.0718. The molecule has 0 saturated heterocycles. The topological polar surface area (TPSA) is 82.0 Å². The van der Waals surface area contributed by atoms with E-state index in [1.165, 1.54) is 0 Å². The Bertz CT molecular complexity index is 436. The van der Waals surface area contributed by atoms with Crippen LogP contribution in [-0.4, -0.2) is 17.3 Å². The summed E-state index contributed by atoms with van der Waals surface area (Å²) < 4.78 is 0. The van der Waals surface area contributed by atoms with Crippen molar-refractivity contribution in [3.05, 3.63) is 23.9 Å². The Balaban J connectivity index is 2.28. The first kappa shape index (κ1) is 13.0. The Kier molecular flexibility index (Phi) is 3.66. The van der Waals surface area contributed by atoms with E-state index in [2.05, 4.69) is 11.9 Å². The molecule has 1 aromatic heterocycles. The molecule has 1 fully saturated rings. The van der Waals surface area contributed by atoms with Gasteiger partial charge in [-0.05, 0) is 43.7 Å². The number of nitrogens with zero attached hydrogens (tertiary/aromatic N) is 1. The first-order chi connectivity index (χ1) is 8.59. The van der Waals surface area contributed by atoms with Crippen LogP contribution >= 0.6 is 0 Å². The van der Waals surface area contributed by atoms with Crippen molar-refractivity contribution in [2.75, 3.05) is 12.3 Å². The first-order valence-corrected chi connectivity index (χ1v) is 6.54. The van der Waals surface area contributed by atoms with E-state index >= 15 is 0 Å². The van der Waals surface area contributed by atoms with Gasteiger partial charge in [-0.1, -0.05) is 6.92 Å². The van der Waals surface area contributed by atoms with Crippen LogP contribution in [0.25, 0.3) is 0 Å². The third-order valence-electron chi connectivity index (χ3n) is 4.19. The van der Waals surface area contributed by atoms with Gasteiger partial charge in [0.2, 0.25) is 0 Å². The van der Waals surface area contributed by atoms with Gasteiger partial charge in [-0.25, -0.2) is 4.98 Å². The van der Waals surface area contributed by atoms with Crippen molar-refractivity contribution in [3.8, 4) is 0 Å². The van der Waals surface area contributed by atoms with Crippen LogP contribution in [0.4, 0.5) is 5.82 Å². The predicted octanol–water partition coefficient (Wildman–Crippen LogP) is 2.00. The van der Waals surface area contributed by atoms with E-state index in [1.807, 2.05) is 0 Å². The third-order valence-corrected chi connectivity index (χ3v) is 4.19. The van der Waals surface area contributed by atoms with E-state index in [-0.39, 0.29) is 5.78 Å². The predicted molar refractivity (Wildman–Crippen MR) is 72.1 cm³/mol. The zero-order valence-corrected chi connectivity index (χ0v) is 10.9. The second kappa shape index (κ2) is 5.06. The summed E-state index contributed by atoms with van der Waals surface area (Å²) in [5, 5.41) is 0. The van der Waals surface area contributed by atoms with E-state index in [4.69, 9.17) is 11.5 Å². The molecule has 18 heavy (non-hydrogen) atoms. The van der Waals surface area contributed by atoms with Gasteiger partial charge < -0.3 is 11.5 Å². The molecule has 1 heterocycles. The number of aromatic nitrogens is 1. The number of pyridine rings is 1. The number of rotatable bonds is 3. The molecular formula is C14H21N3O. The van der Waals surface area contributed by atoms with Crippen LogP contribution in [-0.2, 0) is 0 Å². The van der Waals surface area contributed by atoms with E-state index in [9.17, 15) is 4.79 Å². The Morgan fingerprint density at radius 2 is 2.17 bits per heavy atom. The molecule has 0 amide bonds. The molecule has 0 radical (unpaired) electrons. The number of nitrogens with two attached hydrogens (primary N) is 2. The highest BCUT2D eigenvalue weighted by atomic mass is 16.1. The zero-order chi connectivity index (χ0) is 13.2. The number of nitrogen functional groups attached to an aromatic ring is 1. The maximum atomic E-state index is 12.7. The fraction of sp³-hybridized carbons (Fsp3) is 0.571. The molecule has 98 valence electrons.